The molecule has 2 aromatic rings. The summed E-state index contributed by atoms with van der Waals surface area (Å²) in [4.78, 5) is 41.9. The Balaban J connectivity index is 1.29. The highest BCUT2D eigenvalue weighted by atomic mass is 32.2. The fourth-order valence-electron chi connectivity index (χ4n) is 6.36. The summed E-state index contributed by atoms with van der Waals surface area (Å²) in [7, 11) is -3.79. The molecule has 0 bridgehead atoms. The Hall–Kier alpha value is -3.44. The van der Waals surface area contributed by atoms with E-state index in [9.17, 15) is 22.8 Å². The average molecular weight is 582 g/mol. The fourth-order valence-corrected chi connectivity index (χ4v) is 7.80. The van der Waals surface area contributed by atoms with Crippen LogP contribution in [0.3, 0.4) is 0 Å². The molecule has 3 aliphatic rings. The van der Waals surface area contributed by atoms with Crippen LogP contribution in [0.1, 0.15) is 51.9 Å². The standard InChI is InChI=1S/C30H39N5O5S/c1-23(36)32-25-12-14-27(15-13-25)41(39,40)34-18-16-30(17-19-34)29(38)33(22-35(30)26-10-6-3-7-11-26)21-28(37)31-20-24-8-4-2-5-9-24/h3,6-7,10-15,24H,2,4-5,8-9,16-22H2,1H3,(H,31,37)(H,32,36). The molecule has 0 radical (unpaired) electrons. The summed E-state index contributed by atoms with van der Waals surface area (Å²) in [5, 5.41) is 5.68. The maximum Gasteiger partial charge on any atom is 0.250 e. The minimum atomic E-state index is -3.79. The van der Waals surface area contributed by atoms with Crippen LogP contribution in [0.4, 0.5) is 11.4 Å². The first kappa shape index (κ1) is 29.1. The largest absolute Gasteiger partial charge is 0.354 e. The minimum Gasteiger partial charge on any atom is -0.354 e. The van der Waals surface area contributed by atoms with Gasteiger partial charge in [-0.2, -0.15) is 4.31 Å². The zero-order chi connectivity index (χ0) is 29.0. The van der Waals surface area contributed by atoms with Gasteiger partial charge in [-0.3, -0.25) is 14.4 Å². The molecular formula is C30H39N5O5S. The van der Waals surface area contributed by atoms with Gasteiger partial charge >= 0.3 is 0 Å². The maximum atomic E-state index is 14.0. The molecule has 2 aliphatic heterocycles. The number of hydrogen-bond donors (Lipinski definition) is 2. The van der Waals surface area contributed by atoms with Crippen molar-refractivity contribution in [2.24, 2.45) is 5.92 Å². The summed E-state index contributed by atoms with van der Waals surface area (Å²) in [6.07, 6.45) is 6.55. The molecule has 11 heteroatoms. The van der Waals surface area contributed by atoms with E-state index in [1.807, 2.05) is 35.2 Å². The lowest BCUT2D eigenvalue weighted by Gasteiger charge is -2.42. The van der Waals surface area contributed by atoms with Crippen molar-refractivity contribution in [2.75, 3.05) is 43.1 Å². The van der Waals surface area contributed by atoms with Crippen molar-refractivity contribution < 1.29 is 22.8 Å². The molecule has 2 aromatic carbocycles. The molecule has 220 valence electrons. The number of hydrogen-bond acceptors (Lipinski definition) is 6. The van der Waals surface area contributed by atoms with E-state index in [4.69, 9.17) is 0 Å². The number of benzene rings is 2. The third kappa shape index (κ3) is 6.25. The van der Waals surface area contributed by atoms with E-state index in [0.717, 1.165) is 18.5 Å². The molecule has 1 saturated carbocycles. The van der Waals surface area contributed by atoms with Gasteiger partial charge in [0.2, 0.25) is 27.7 Å². The van der Waals surface area contributed by atoms with Crippen molar-refractivity contribution in [3.05, 3.63) is 54.6 Å². The van der Waals surface area contributed by atoms with E-state index in [1.54, 1.807) is 17.0 Å². The molecule has 41 heavy (non-hydrogen) atoms. The highest BCUT2D eigenvalue weighted by Crippen LogP contribution is 2.40. The normalized spacial score (nSPS) is 19.9. The number of rotatable bonds is 8. The second-order valence-corrected chi connectivity index (χ2v) is 13.3. The van der Waals surface area contributed by atoms with E-state index in [-0.39, 0.29) is 48.9 Å². The Morgan fingerprint density at radius 1 is 0.951 bits per heavy atom. The van der Waals surface area contributed by atoms with Crippen LogP contribution in [-0.4, -0.2) is 73.7 Å². The Labute approximate surface area is 242 Å². The third-order valence-electron chi connectivity index (χ3n) is 8.59. The lowest BCUT2D eigenvalue weighted by molar-refractivity contribution is -0.137. The van der Waals surface area contributed by atoms with E-state index in [2.05, 4.69) is 10.6 Å². The lowest BCUT2D eigenvalue weighted by atomic mass is 9.86. The number of nitrogens with zero attached hydrogens (tertiary/aromatic N) is 3. The molecule has 0 aromatic heterocycles. The van der Waals surface area contributed by atoms with E-state index in [1.165, 1.54) is 42.6 Å². The predicted octanol–water partition coefficient (Wildman–Crippen LogP) is 3.17. The van der Waals surface area contributed by atoms with Crippen LogP contribution in [0.25, 0.3) is 0 Å². The predicted molar refractivity (Wildman–Crippen MR) is 157 cm³/mol. The summed E-state index contributed by atoms with van der Waals surface area (Å²) in [6, 6.07) is 15.7. The van der Waals surface area contributed by atoms with Crippen LogP contribution in [0.5, 0.6) is 0 Å². The fraction of sp³-hybridized carbons (Fsp3) is 0.500. The molecule has 5 rings (SSSR count). The second kappa shape index (κ2) is 12.2. The number of carbonyl (C=O) groups excluding carboxylic acids is 3. The highest BCUT2D eigenvalue weighted by Gasteiger charge is 2.55. The van der Waals surface area contributed by atoms with Crippen molar-refractivity contribution in [1.82, 2.24) is 14.5 Å². The molecule has 0 unspecified atom stereocenters. The van der Waals surface area contributed by atoms with Crippen LogP contribution in [0.15, 0.2) is 59.5 Å². The monoisotopic (exact) mass is 581 g/mol. The quantitative estimate of drug-likeness (QED) is 0.494. The number of carbonyl (C=O) groups is 3. The Bertz CT molecular complexity index is 1350. The molecule has 1 aliphatic carbocycles. The van der Waals surface area contributed by atoms with Crippen LogP contribution in [0.2, 0.25) is 0 Å². The van der Waals surface area contributed by atoms with Gasteiger partial charge in [0.25, 0.3) is 0 Å². The van der Waals surface area contributed by atoms with Crippen LogP contribution >= 0.6 is 0 Å². The van der Waals surface area contributed by atoms with E-state index >= 15 is 0 Å². The molecule has 2 heterocycles. The van der Waals surface area contributed by atoms with Gasteiger partial charge in [0.05, 0.1) is 11.6 Å². The summed E-state index contributed by atoms with van der Waals surface area (Å²) in [5.74, 6) is -0.0218. The summed E-state index contributed by atoms with van der Waals surface area (Å²) in [5.41, 5.74) is 0.467. The van der Waals surface area contributed by atoms with Gasteiger partial charge in [0, 0.05) is 37.9 Å². The summed E-state index contributed by atoms with van der Waals surface area (Å²) >= 11 is 0. The van der Waals surface area contributed by atoms with E-state index < -0.39 is 15.6 Å². The first-order valence-corrected chi connectivity index (χ1v) is 15.9. The van der Waals surface area contributed by atoms with Gasteiger partial charge in [-0.1, -0.05) is 37.5 Å². The zero-order valence-corrected chi connectivity index (χ0v) is 24.4. The lowest BCUT2D eigenvalue weighted by Crippen LogP contribution is -2.57. The number of anilines is 2. The van der Waals surface area contributed by atoms with Gasteiger partial charge < -0.3 is 20.4 Å². The SMILES string of the molecule is CC(=O)Nc1ccc(S(=O)(=O)N2CCC3(CC2)C(=O)N(CC(=O)NCC2CCCCC2)CN3c2ccccc2)cc1. The van der Waals surface area contributed by atoms with Crippen LogP contribution in [0, 0.1) is 5.92 Å². The molecule has 3 amide bonds. The first-order valence-electron chi connectivity index (χ1n) is 14.5. The Morgan fingerprint density at radius 3 is 2.24 bits per heavy atom. The molecule has 2 saturated heterocycles. The van der Waals surface area contributed by atoms with Gasteiger partial charge in [0.1, 0.15) is 12.1 Å². The topological polar surface area (TPSA) is 119 Å². The van der Waals surface area contributed by atoms with Crippen LogP contribution in [-0.2, 0) is 24.4 Å². The number of amides is 3. The molecule has 10 nitrogen and oxygen atoms in total. The number of piperidine rings is 1. The van der Waals surface area contributed by atoms with Crippen molar-refractivity contribution in [1.29, 1.82) is 0 Å². The molecule has 1 spiro atoms. The van der Waals surface area contributed by atoms with Crippen molar-refractivity contribution in [3.8, 4) is 0 Å². The number of sulfonamides is 1. The molecular weight excluding hydrogens is 542 g/mol. The third-order valence-corrected chi connectivity index (χ3v) is 10.5. The van der Waals surface area contributed by atoms with Crippen molar-refractivity contribution in [2.45, 2.75) is 62.3 Å². The summed E-state index contributed by atoms with van der Waals surface area (Å²) in [6.45, 7) is 2.64. The van der Waals surface area contributed by atoms with E-state index in [0.29, 0.717) is 31.0 Å². The van der Waals surface area contributed by atoms with Gasteiger partial charge in [-0.25, -0.2) is 8.42 Å². The maximum absolute atomic E-state index is 14.0. The number of para-hydroxylation sites is 1. The van der Waals surface area contributed by atoms with Crippen molar-refractivity contribution >= 4 is 39.1 Å². The molecule has 0 atom stereocenters. The minimum absolute atomic E-state index is 0.0146. The highest BCUT2D eigenvalue weighted by molar-refractivity contribution is 7.89. The zero-order valence-electron chi connectivity index (χ0n) is 23.5. The molecule has 2 N–H and O–H groups in total. The van der Waals surface area contributed by atoms with Gasteiger partial charge in [-0.05, 0) is 68.0 Å². The molecule has 3 fully saturated rings. The average Bonchev–Trinajstić information content (AvgIpc) is 3.23. The first-order chi connectivity index (χ1) is 19.7. The Morgan fingerprint density at radius 2 is 1.61 bits per heavy atom. The van der Waals surface area contributed by atoms with Gasteiger partial charge in [-0.15, -0.1) is 0 Å². The smallest absolute Gasteiger partial charge is 0.250 e. The van der Waals surface area contributed by atoms with Gasteiger partial charge in [0.15, 0.2) is 0 Å². The second-order valence-electron chi connectivity index (χ2n) is 11.4. The van der Waals surface area contributed by atoms with Crippen molar-refractivity contribution in [3.63, 3.8) is 0 Å². The Kier molecular flexibility index (Phi) is 8.65. The van der Waals surface area contributed by atoms with Crippen LogP contribution < -0.4 is 15.5 Å². The summed E-state index contributed by atoms with van der Waals surface area (Å²) < 4.78 is 28.3. The number of nitrogens with one attached hydrogen (secondary N) is 2.